The Bertz CT molecular complexity index is 329. The van der Waals surface area contributed by atoms with Crippen molar-refractivity contribution in [3.05, 3.63) is 24.0 Å². The molecule has 1 aliphatic rings. The Balaban J connectivity index is 2.41. The van der Waals surface area contributed by atoms with E-state index in [1.807, 2.05) is 0 Å². The Labute approximate surface area is 84.9 Å². The zero-order valence-electron chi connectivity index (χ0n) is 8.70. The fraction of sp³-hybridized carbons (Fsp3) is 0.583. The average molecular weight is 191 g/mol. The highest BCUT2D eigenvalue weighted by Crippen LogP contribution is 2.39. The second-order valence-electron chi connectivity index (χ2n) is 4.20. The zero-order chi connectivity index (χ0) is 10.0. The Morgan fingerprint density at radius 2 is 2.50 bits per heavy atom. The van der Waals surface area contributed by atoms with E-state index >= 15 is 0 Å². The molecule has 1 aliphatic heterocycles. The maximum atomic E-state index is 10.8. The molecule has 76 valence electrons. The summed E-state index contributed by atoms with van der Waals surface area (Å²) in [6.07, 6.45) is 7.30. The van der Waals surface area contributed by atoms with Crippen molar-refractivity contribution in [3.63, 3.8) is 0 Å². The van der Waals surface area contributed by atoms with Crippen LogP contribution in [0.2, 0.25) is 0 Å². The van der Waals surface area contributed by atoms with Crippen LogP contribution in [0.5, 0.6) is 0 Å². The van der Waals surface area contributed by atoms with Crippen molar-refractivity contribution in [1.82, 2.24) is 4.57 Å². The van der Waals surface area contributed by atoms with Crippen molar-refractivity contribution < 1.29 is 4.79 Å². The summed E-state index contributed by atoms with van der Waals surface area (Å²) in [5, 5.41) is 0. The van der Waals surface area contributed by atoms with Gasteiger partial charge in [-0.15, -0.1) is 0 Å². The molecule has 1 aromatic rings. The standard InChI is InChI=1S/C12H17NO/c1-2-12(7-10-14)6-4-9-13-8-3-5-11(12)13/h3,5,8,10H,2,4,6-7,9H2,1H3/t12-/m0/s1. The van der Waals surface area contributed by atoms with E-state index in [-0.39, 0.29) is 5.41 Å². The molecule has 1 aromatic heterocycles. The summed E-state index contributed by atoms with van der Waals surface area (Å²) in [5.74, 6) is 0. The normalized spacial score (nSPS) is 25.8. The number of rotatable bonds is 3. The van der Waals surface area contributed by atoms with Crippen LogP contribution in [0.3, 0.4) is 0 Å². The third kappa shape index (κ3) is 1.29. The molecule has 0 radical (unpaired) electrons. The van der Waals surface area contributed by atoms with Gasteiger partial charge in [-0.2, -0.15) is 0 Å². The van der Waals surface area contributed by atoms with Gasteiger partial charge >= 0.3 is 0 Å². The van der Waals surface area contributed by atoms with Crippen molar-refractivity contribution in [3.8, 4) is 0 Å². The van der Waals surface area contributed by atoms with Crippen LogP contribution in [0.15, 0.2) is 18.3 Å². The quantitative estimate of drug-likeness (QED) is 0.673. The molecule has 2 heteroatoms. The fourth-order valence-corrected chi connectivity index (χ4v) is 2.67. The van der Waals surface area contributed by atoms with Gasteiger partial charge in [0.25, 0.3) is 0 Å². The summed E-state index contributed by atoms with van der Waals surface area (Å²) < 4.78 is 2.30. The third-order valence-corrected chi connectivity index (χ3v) is 3.58. The lowest BCUT2D eigenvalue weighted by molar-refractivity contribution is -0.109. The number of aldehydes is 1. The summed E-state index contributed by atoms with van der Waals surface area (Å²) in [4.78, 5) is 10.8. The number of nitrogens with zero attached hydrogens (tertiary/aromatic N) is 1. The van der Waals surface area contributed by atoms with E-state index in [0.717, 1.165) is 25.7 Å². The number of aromatic nitrogens is 1. The molecule has 0 spiro atoms. The van der Waals surface area contributed by atoms with Gasteiger partial charge in [-0.3, -0.25) is 0 Å². The average Bonchev–Trinajstić information content (AvgIpc) is 2.67. The van der Waals surface area contributed by atoms with Gasteiger partial charge in [0.2, 0.25) is 0 Å². The minimum absolute atomic E-state index is 0.128. The molecule has 1 atom stereocenters. The Hall–Kier alpha value is -1.05. The maximum absolute atomic E-state index is 10.8. The minimum Gasteiger partial charge on any atom is -0.351 e. The highest BCUT2D eigenvalue weighted by atomic mass is 16.1. The van der Waals surface area contributed by atoms with Gasteiger partial charge in [-0.25, -0.2) is 0 Å². The molecule has 14 heavy (non-hydrogen) atoms. The first kappa shape index (κ1) is 9.50. The van der Waals surface area contributed by atoms with E-state index in [9.17, 15) is 4.79 Å². The van der Waals surface area contributed by atoms with Crippen molar-refractivity contribution in [2.24, 2.45) is 0 Å². The smallest absolute Gasteiger partial charge is 0.120 e. The lowest BCUT2D eigenvalue weighted by Crippen LogP contribution is -2.33. The lowest BCUT2D eigenvalue weighted by Gasteiger charge is -2.36. The molecule has 0 saturated heterocycles. The number of hydrogen-bond acceptors (Lipinski definition) is 1. The predicted octanol–water partition coefficient (Wildman–Crippen LogP) is 2.52. The van der Waals surface area contributed by atoms with Crippen LogP contribution in [-0.2, 0) is 16.8 Å². The molecular weight excluding hydrogens is 174 g/mol. The molecule has 0 aliphatic carbocycles. The molecule has 0 N–H and O–H groups in total. The number of carbonyl (C=O) groups is 1. The first-order valence-electron chi connectivity index (χ1n) is 5.42. The van der Waals surface area contributed by atoms with E-state index in [1.165, 1.54) is 12.1 Å². The molecule has 0 saturated carbocycles. The monoisotopic (exact) mass is 191 g/mol. The number of fused-ring (bicyclic) bond motifs is 1. The molecule has 0 aromatic carbocycles. The second-order valence-corrected chi connectivity index (χ2v) is 4.20. The van der Waals surface area contributed by atoms with Crippen LogP contribution >= 0.6 is 0 Å². The van der Waals surface area contributed by atoms with E-state index < -0.39 is 0 Å². The first-order valence-corrected chi connectivity index (χ1v) is 5.42. The van der Waals surface area contributed by atoms with Crippen LogP contribution in [0, 0.1) is 0 Å². The molecule has 2 nitrogen and oxygen atoms in total. The highest BCUT2D eigenvalue weighted by Gasteiger charge is 2.34. The minimum atomic E-state index is 0.128. The fourth-order valence-electron chi connectivity index (χ4n) is 2.67. The Kier molecular flexibility index (Phi) is 2.44. The maximum Gasteiger partial charge on any atom is 0.120 e. The number of aryl methyl sites for hydroxylation is 1. The van der Waals surface area contributed by atoms with Gasteiger partial charge in [0.15, 0.2) is 0 Å². The molecule has 2 heterocycles. The summed E-state index contributed by atoms with van der Waals surface area (Å²) in [6.45, 7) is 3.30. The van der Waals surface area contributed by atoms with E-state index in [0.29, 0.717) is 6.42 Å². The molecule has 0 fully saturated rings. The molecule has 0 unspecified atom stereocenters. The molecule has 2 rings (SSSR count). The predicted molar refractivity (Wildman–Crippen MR) is 56.3 cm³/mol. The van der Waals surface area contributed by atoms with E-state index in [2.05, 4.69) is 29.8 Å². The number of hydrogen-bond donors (Lipinski definition) is 0. The van der Waals surface area contributed by atoms with Gasteiger partial charge in [-0.05, 0) is 31.4 Å². The summed E-state index contributed by atoms with van der Waals surface area (Å²) in [6, 6.07) is 4.27. The molecule has 0 amide bonds. The van der Waals surface area contributed by atoms with Gasteiger partial charge in [0.1, 0.15) is 6.29 Å². The lowest BCUT2D eigenvalue weighted by atomic mass is 9.73. The van der Waals surface area contributed by atoms with E-state index in [4.69, 9.17) is 0 Å². The first-order chi connectivity index (χ1) is 6.82. The highest BCUT2D eigenvalue weighted by molar-refractivity contribution is 5.53. The van der Waals surface area contributed by atoms with Crippen LogP contribution in [0.1, 0.15) is 38.3 Å². The van der Waals surface area contributed by atoms with Gasteiger partial charge < -0.3 is 9.36 Å². The van der Waals surface area contributed by atoms with Crippen LogP contribution in [0.4, 0.5) is 0 Å². The topological polar surface area (TPSA) is 22.0 Å². The SMILES string of the molecule is CC[C@@]1(CC=O)CCCn2cccc21. The van der Waals surface area contributed by atoms with Crippen LogP contribution in [-0.4, -0.2) is 10.9 Å². The summed E-state index contributed by atoms with van der Waals surface area (Å²) >= 11 is 0. The van der Waals surface area contributed by atoms with Crippen molar-refractivity contribution >= 4 is 6.29 Å². The molecular formula is C12H17NO. The van der Waals surface area contributed by atoms with Gasteiger partial charge in [0, 0.05) is 30.3 Å². The molecule has 0 bridgehead atoms. The largest absolute Gasteiger partial charge is 0.351 e. The Morgan fingerprint density at radius 3 is 3.21 bits per heavy atom. The van der Waals surface area contributed by atoms with Crippen LogP contribution in [0.25, 0.3) is 0 Å². The van der Waals surface area contributed by atoms with Crippen molar-refractivity contribution in [1.29, 1.82) is 0 Å². The van der Waals surface area contributed by atoms with Gasteiger partial charge in [0.05, 0.1) is 0 Å². The van der Waals surface area contributed by atoms with Crippen LogP contribution < -0.4 is 0 Å². The third-order valence-electron chi connectivity index (χ3n) is 3.58. The second kappa shape index (κ2) is 3.60. The summed E-state index contributed by atoms with van der Waals surface area (Å²) in [7, 11) is 0. The summed E-state index contributed by atoms with van der Waals surface area (Å²) in [5.41, 5.74) is 1.49. The van der Waals surface area contributed by atoms with E-state index in [1.54, 1.807) is 0 Å². The number of carbonyl (C=O) groups excluding carboxylic acids is 1. The Morgan fingerprint density at radius 1 is 1.64 bits per heavy atom. The van der Waals surface area contributed by atoms with Crippen molar-refractivity contribution in [2.45, 2.75) is 44.6 Å². The van der Waals surface area contributed by atoms with Gasteiger partial charge in [-0.1, -0.05) is 6.92 Å². The zero-order valence-corrected chi connectivity index (χ0v) is 8.70. The van der Waals surface area contributed by atoms with Crippen molar-refractivity contribution in [2.75, 3.05) is 0 Å².